The van der Waals surface area contributed by atoms with E-state index < -0.39 is 5.97 Å². The van der Waals surface area contributed by atoms with Crippen LogP contribution in [0.3, 0.4) is 0 Å². The molecule has 2 rings (SSSR count). The van der Waals surface area contributed by atoms with Gasteiger partial charge in [0.1, 0.15) is 5.69 Å². The SMILES string of the molecule is CCn1nccc1-c1cc(C(=O)O)no1. The summed E-state index contributed by atoms with van der Waals surface area (Å²) in [6, 6.07) is 3.13. The standard InChI is InChI=1S/C9H9N3O3/c1-2-12-7(3-4-10-12)8-5-6(9(13)14)11-15-8/h3-5H,2H2,1H3,(H,13,14). The van der Waals surface area contributed by atoms with Crippen LogP contribution in [0.15, 0.2) is 22.9 Å². The summed E-state index contributed by atoms with van der Waals surface area (Å²) in [5, 5.41) is 16.2. The molecule has 2 heterocycles. The minimum absolute atomic E-state index is 0.103. The maximum absolute atomic E-state index is 10.6. The van der Waals surface area contributed by atoms with Gasteiger partial charge in [-0.25, -0.2) is 4.79 Å². The van der Waals surface area contributed by atoms with Crippen molar-refractivity contribution < 1.29 is 14.4 Å². The Morgan fingerprint density at radius 1 is 1.67 bits per heavy atom. The topological polar surface area (TPSA) is 81.2 Å². The van der Waals surface area contributed by atoms with Gasteiger partial charge in [0, 0.05) is 18.8 Å². The molecule has 0 fully saturated rings. The van der Waals surface area contributed by atoms with E-state index in [1.807, 2.05) is 6.92 Å². The lowest BCUT2D eigenvalue weighted by molar-refractivity contribution is 0.0686. The van der Waals surface area contributed by atoms with Gasteiger partial charge in [0.25, 0.3) is 0 Å². The normalized spacial score (nSPS) is 10.5. The van der Waals surface area contributed by atoms with Crippen LogP contribution in [0.2, 0.25) is 0 Å². The maximum Gasteiger partial charge on any atom is 0.358 e. The maximum atomic E-state index is 10.6. The zero-order valence-electron chi connectivity index (χ0n) is 8.04. The molecule has 0 spiro atoms. The van der Waals surface area contributed by atoms with Crippen LogP contribution in [-0.2, 0) is 6.54 Å². The van der Waals surface area contributed by atoms with Crippen molar-refractivity contribution in [3.8, 4) is 11.5 Å². The number of hydrogen-bond donors (Lipinski definition) is 1. The molecule has 6 nitrogen and oxygen atoms in total. The van der Waals surface area contributed by atoms with Gasteiger partial charge in [-0.15, -0.1) is 0 Å². The average Bonchev–Trinajstić information content (AvgIpc) is 2.85. The molecule has 0 amide bonds. The highest BCUT2D eigenvalue weighted by molar-refractivity contribution is 5.86. The molecular weight excluding hydrogens is 198 g/mol. The van der Waals surface area contributed by atoms with E-state index in [-0.39, 0.29) is 5.69 Å². The van der Waals surface area contributed by atoms with Crippen molar-refractivity contribution in [3.05, 3.63) is 24.0 Å². The number of carboxylic acid groups (broad SMARTS) is 1. The van der Waals surface area contributed by atoms with Crippen LogP contribution in [0.1, 0.15) is 17.4 Å². The molecular formula is C9H9N3O3. The Kier molecular flexibility index (Phi) is 2.24. The Bertz CT molecular complexity index is 486. The summed E-state index contributed by atoms with van der Waals surface area (Å²) >= 11 is 0. The van der Waals surface area contributed by atoms with Gasteiger partial charge < -0.3 is 9.63 Å². The summed E-state index contributed by atoms with van der Waals surface area (Å²) in [7, 11) is 0. The van der Waals surface area contributed by atoms with Crippen LogP contribution in [0.4, 0.5) is 0 Å². The van der Waals surface area contributed by atoms with Gasteiger partial charge in [-0.2, -0.15) is 5.10 Å². The minimum atomic E-state index is -1.10. The number of carbonyl (C=O) groups is 1. The Morgan fingerprint density at radius 3 is 3.07 bits per heavy atom. The Balaban J connectivity index is 2.41. The molecule has 0 aromatic carbocycles. The lowest BCUT2D eigenvalue weighted by atomic mass is 10.3. The number of rotatable bonds is 3. The van der Waals surface area contributed by atoms with Crippen molar-refractivity contribution in [2.75, 3.05) is 0 Å². The Morgan fingerprint density at radius 2 is 2.47 bits per heavy atom. The van der Waals surface area contributed by atoms with Crippen molar-refractivity contribution in [1.29, 1.82) is 0 Å². The van der Waals surface area contributed by atoms with E-state index in [4.69, 9.17) is 9.63 Å². The third-order valence-electron chi connectivity index (χ3n) is 2.00. The molecule has 0 saturated carbocycles. The second-order valence-electron chi connectivity index (χ2n) is 2.91. The number of aromatic nitrogens is 3. The van der Waals surface area contributed by atoms with Crippen LogP contribution >= 0.6 is 0 Å². The molecule has 0 saturated heterocycles. The first-order valence-corrected chi connectivity index (χ1v) is 4.44. The van der Waals surface area contributed by atoms with Gasteiger partial charge in [-0.1, -0.05) is 5.16 Å². The zero-order valence-corrected chi connectivity index (χ0v) is 8.04. The monoisotopic (exact) mass is 207 g/mol. The molecule has 2 aromatic heterocycles. The third kappa shape index (κ3) is 1.61. The number of aromatic carboxylic acids is 1. The van der Waals surface area contributed by atoms with Crippen LogP contribution in [-0.4, -0.2) is 26.0 Å². The molecule has 0 aliphatic rings. The van der Waals surface area contributed by atoms with Crippen molar-refractivity contribution in [1.82, 2.24) is 14.9 Å². The van der Waals surface area contributed by atoms with Crippen LogP contribution in [0, 0.1) is 0 Å². The average molecular weight is 207 g/mol. The summed E-state index contributed by atoms with van der Waals surface area (Å²) in [5.74, 6) is -0.695. The summed E-state index contributed by atoms with van der Waals surface area (Å²) < 4.78 is 6.62. The van der Waals surface area contributed by atoms with Crippen LogP contribution in [0.5, 0.6) is 0 Å². The smallest absolute Gasteiger partial charge is 0.358 e. The first kappa shape index (κ1) is 9.45. The van der Waals surface area contributed by atoms with E-state index in [0.717, 1.165) is 5.69 Å². The summed E-state index contributed by atoms with van der Waals surface area (Å²) in [5.41, 5.74) is 0.617. The molecule has 15 heavy (non-hydrogen) atoms. The predicted octanol–water partition coefficient (Wildman–Crippen LogP) is 1.26. The van der Waals surface area contributed by atoms with Crippen LogP contribution in [0.25, 0.3) is 11.5 Å². The minimum Gasteiger partial charge on any atom is -0.476 e. The Hall–Kier alpha value is -2.11. The van der Waals surface area contributed by atoms with Gasteiger partial charge in [-0.05, 0) is 13.0 Å². The molecule has 0 bridgehead atoms. The van der Waals surface area contributed by atoms with E-state index in [2.05, 4.69) is 10.3 Å². The van der Waals surface area contributed by atoms with E-state index >= 15 is 0 Å². The first-order valence-electron chi connectivity index (χ1n) is 4.44. The number of nitrogens with zero attached hydrogens (tertiary/aromatic N) is 3. The lowest BCUT2D eigenvalue weighted by Crippen LogP contribution is -1.98. The molecule has 1 N–H and O–H groups in total. The molecule has 0 radical (unpaired) electrons. The quantitative estimate of drug-likeness (QED) is 0.819. The summed E-state index contributed by atoms with van der Waals surface area (Å²) in [6.07, 6.45) is 1.63. The first-order chi connectivity index (χ1) is 7.22. The highest BCUT2D eigenvalue weighted by Gasteiger charge is 2.14. The zero-order chi connectivity index (χ0) is 10.8. The molecule has 0 atom stereocenters. The number of hydrogen-bond acceptors (Lipinski definition) is 4. The van der Waals surface area contributed by atoms with E-state index in [1.54, 1.807) is 16.9 Å². The number of carboxylic acids is 1. The third-order valence-corrected chi connectivity index (χ3v) is 2.00. The van der Waals surface area contributed by atoms with E-state index in [1.165, 1.54) is 6.07 Å². The fraction of sp³-hybridized carbons (Fsp3) is 0.222. The molecule has 0 aliphatic carbocycles. The largest absolute Gasteiger partial charge is 0.476 e. The molecule has 0 unspecified atom stereocenters. The van der Waals surface area contributed by atoms with E-state index in [9.17, 15) is 4.79 Å². The summed E-state index contributed by atoms with van der Waals surface area (Å²) in [4.78, 5) is 10.6. The fourth-order valence-electron chi connectivity index (χ4n) is 1.29. The molecule has 0 aliphatic heterocycles. The van der Waals surface area contributed by atoms with Crippen molar-refractivity contribution in [3.63, 3.8) is 0 Å². The second kappa shape index (κ2) is 3.56. The van der Waals surface area contributed by atoms with Crippen LogP contribution < -0.4 is 0 Å². The highest BCUT2D eigenvalue weighted by atomic mass is 16.5. The van der Waals surface area contributed by atoms with Gasteiger partial charge >= 0.3 is 5.97 Å². The van der Waals surface area contributed by atoms with Crippen molar-refractivity contribution in [2.24, 2.45) is 0 Å². The molecule has 78 valence electrons. The molecule has 2 aromatic rings. The van der Waals surface area contributed by atoms with Crippen molar-refractivity contribution >= 4 is 5.97 Å². The number of aryl methyl sites for hydroxylation is 1. The second-order valence-corrected chi connectivity index (χ2v) is 2.91. The van der Waals surface area contributed by atoms with Gasteiger partial charge in [0.05, 0.1) is 0 Å². The Labute approximate surface area is 85.1 Å². The van der Waals surface area contributed by atoms with Crippen molar-refractivity contribution in [2.45, 2.75) is 13.5 Å². The predicted molar refractivity (Wildman–Crippen MR) is 50.4 cm³/mol. The van der Waals surface area contributed by atoms with Gasteiger partial charge in [0.2, 0.25) is 0 Å². The summed E-state index contributed by atoms with van der Waals surface area (Å²) in [6.45, 7) is 2.62. The fourth-order valence-corrected chi connectivity index (χ4v) is 1.29. The molecule has 6 heteroatoms. The van der Waals surface area contributed by atoms with Gasteiger partial charge in [-0.3, -0.25) is 4.68 Å². The van der Waals surface area contributed by atoms with E-state index in [0.29, 0.717) is 12.3 Å². The lowest BCUT2D eigenvalue weighted by Gasteiger charge is -1.98. The van der Waals surface area contributed by atoms with Gasteiger partial charge in [0.15, 0.2) is 11.5 Å². The highest BCUT2D eigenvalue weighted by Crippen LogP contribution is 2.19.